The van der Waals surface area contributed by atoms with E-state index in [1.165, 1.54) is 6.07 Å². The van der Waals surface area contributed by atoms with E-state index in [0.29, 0.717) is 15.6 Å². The largest absolute Gasteiger partial charge is 0.416 e. The highest BCUT2D eigenvalue weighted by Gasteiger charge is 2.30. The fourth-order valence-corrected chi connectivity index (χ4v) is 2.23. The zero-order chi connectivity index (χ0) is 14.8. The van der Waals surface area contributed by atoms with Gasteiger partial charge in [0.05, 0.1) is 5.56 Å². The highest BCUT2D eigenvalue weighted by atomic mass is 35.5. The number of hydrogen-bond donors (Lipinski definition) is 0. The Morgan fingerprint density at radius 2 is 1.40 bits per heavy atom. The molecular weight excluding hydrogens is 308 g/mol. The lowest BCUT2D eigenvalue weighted by Crippen LogP contribution is -2.04. The van der Waals surface area contributed by atoms with Gasteiger partial charge in [-0.05, 0) is 41.5 Å². The molecule has 0 N–H and O–H groups in total. The average molecular weight is 317 g/mol. The lowest BCUT2D eigenvalue weighted by Gasteiger charge is -2.06. The van der Waals surface area contributed by atoms with Crippen molar-refractivity contribution >= 4 is 35.4 Å². The summed E-state index contributed by atoms with van der Waals surface area (Å²) >= 11 is 11.7. The molecular formula is C15H9Cl2F3. The number of hydrogen-bond acceptors (Lipinski definition) is 0. The number of alkyl halides is 3. The Morgan fingerprint density at radius 1 is 0.800 bits per heavy atom. The third-order valence-corrected chi connectivity index (χ3v) is 3.00. The molecule has 0 saturated carbocycles. The van der Waals surface area contributed by atoms with Gasteiger partial charge in [0.15, 0.2) is 0 Å². The summed E-state index contributed by atoms with van der Waals surface area (Å²) in [7, 11) is 0. The van der Waals surface area contributed by atoms with Crippen molar-refractivity contribution in [3.63, 3.8) is 0 Å². The first kappa shape index (κ1) is 14.9. The Hall–Kier alpha value is -1.45. The third kappa shape index (κ3) is 4.02. The first-order valence-electron chi connectivity index (χ1n) is 5.66. The second-order valence-electron chi connectivity index (χ2n) is 4.16. The Labute approximate surface area is 124 Å². The van der Waals surface area contributed by atoms with Crippen molar-refractivity contribution in [2.45, 2.75) is 6.18 Å². The van der Waals surface area contributed by atoms with Crippen molar-refractivity contribution in [3.05, 3.63) is 69.2 Å². The average Bonchev–Trinajstić information content (AvgIpc) is 2.35. The Balaban J connectivity index is 2.27. The van der Waals surface area contributed by atoms with Gasteiger partial charge in [0.25, 0.3) is 0 Å². The van der Waals surface area contributed by atoms with Crippen molar-refractivity contribution < 1.29 is 13.2 Å². The lowest BCUT2D eigenvalue weighted by atomic mass is 10.1. The van der Waals surface area contributed by atoms with Crippen LogP contribution in [0.1, 0.15) is 16.7 Å². The molecule has 2 aromatic carbocycles. The standard InChI is InChI=1S/C15H9Cl2F3/c16-13-7-11(8-14(17)9-13)5-4-10-2-1-3-12(6-10)15(18,19)20/h1-9H/b5-4-. The van der Waals surface area contributed by atoms with E-state index >= 15 is 0 Å². The molecule has 0 amide bonds. The SMILES string of the molecule is FC(F)(F)c1cccc(/C=C\c2cc(Cl)cc(Cl)c2)c1. The van der Waals surface area contributed by atoms with Gasteiger partial charge in [0.2, 0.25) is 0 Å². The Bertz CT molecular complexity index is 626. The van der Waals surface area contributed by atoms with Gasteiger partial charge >= 0.3 is 6.18 Å². The molecule has 0 spiro atoms. The van der Waals surface area contributed by atoms with E-state index in [1.54, 1.807) is 36.4 Å². The summed E-state index contributed by atoms with van der Waals surface area (Å²) in [5.41, 5.74) is 0.500. The minimum Gasteiger partial charge on any atom is -0.166 e. The summed E-state index contributed by atoms with van der Waals surface area (Å²) < 4.78 is 37.7. The van der Waals surface area contributed by atoms with Crippen LogP contribution in [0.3, 0.4) is 0 Å². The summed E-state index contributed by atoms with van der Waals surface area (Å²) in [4.78, 5) is 0. The van der Waals surface area contributed by atoms with Crippen LogP contribution < -0.4 is 0 Å². The minimum absolute atomic E-state index is 0.455. The summed E-state index contributed by atoms with van der Waals surface area (Å²) in [6, 6.07) is 10.0. The maximum atomic E-state index is 12.6. The van der Waals surface area contributed by atoms with Gasteiger partial charge in [-0.1, -0.05) is 47.5 Å². The first-order valence-corrected chi connectivity index (χ1v) is 6.41. The molecule has 0 fully saturated rings. The van der Waals surface area contributed by atoms with Gasteiger partial charge < -0.3 is 0 Å². The summed E-state index contributed by atoms with van der Waals surface area (Å²) in [6.07, 6.45) is -1.10. The zero-order valence-electron chi connectivity index (χ0n) is 10.1. The van der Waals surface area contributed by atoms with Crippen LogP contribution in [-0.4, -0.2) is 0 Å². The number of benzene rings is 2. The maximum Gasteiger partial charge on any atom is 0.416 e. The van der Waals surface area contributed by atoms with Gasteiger partial charge in [-0.3, -0.25) is 0 Å². The van der Waals surface area contributed by atoms with Crippen LogP contribution in [0.5, 0.6) is 0 Å². The molecule has 0 bridgehead atoms. The normalized spacial score (nSPS) is 12.1. The van der Waals surface area contributed by atoms with Crippen molar-refractivity contribution in [2.24, 2.45) is 0 Å². The van der Waals surface area contributed by atoms with Crippen molar-refractivity contribution in [1.29, 1.82) is 0 Å². The van der Waals surface area contributed by atoms with Crippen LogP contribution in [0.2, 0.25) is 10.0 Å². The van der Waals surface area contributed by atoms with E-state index in [2.05, 4.69) is 0 Å². The highest BCUT2D eigenvalue weighted by Crippen LogP contribution is 2.30. The van der Waals surface area contributed by atoms with Crippen LogP contribution in [-0.2, 0) is 6.18 Å². The van der Waals surface area contributed by atoms with Crippen LogP contribution in [0.25, 0.3) is 12.2 Å². The van der Waals surface area contributed by atoms with Gasteiger partial charge in [-0.25, -0.2) is 0 Å². The van der Waals surface area contributed by atoms with Crippen LogP contribution in [0.15, 0.2) is 42.5 Å². The fourth-order valence-electron chi connectivity index (χ4n) is 1.68. The molecule has 0 atom stereocenters. The summed E-state index contributed by atoms with van der Waals surface area (Å²) in [6.45, 7) is 0. The molecule has 0 aliphatic rings. The van der Waals surface area contributed by atoms with E-state index in [9.17, 15) is 13.2 Å². The zero-order valence-corrected chi connectivity index (χ0v) is 11.6. The molecule has 0 aromatic heterocycles. The second-order valence-corrected chi connectivity index (χ2v) is 5.03. The first-order chi connectivity index (χ1) is 9.34. The van der Waals surface area contributed by atoms with Gasteiger partial charge in [-0.2, -0.15) is 13.2 Å². The molecule has 0 radical (unpaired) electrons. The van der Waals surface area contributed by atoms with Crippen LogP contribution in [0, 0.1) is 0 Å². The van der Waals surface area contributed by atoms with Crippen molar-refractivity contribution in [3.8, 4) is 0 Å². The topological polar surface area (TPSA) is 0 Å². The van der Waals surface area contributed by atoms with Gasteiger partial charge in [0, 0.05) is 10.0 Å². The van der Waals surface area contributed by atoms with E-state index < -0.39 is 11.7 Å². The van der Waals surface area contributed by atoms with E-state index in [0.717, 1.165) is 17.7 Å². The predicted octanol–water partition coefficient (Wildman–Crippen LogP) is 6.18. The molecule has 104 valence electrons. The molecule has 2 rings (SSSR count). The van der Waals surface area contributed by atoms with Gasteiger partial charge in [0.1, 0.15) is 0 Å². The predicted molar refractivity (Wildman–Crippen MR) is 76.8 cm³/mol. The molecule has 2 aromatic rings. The minimum atomic E-state index is -4.34. The smallest absolute Gasteiger partial charge is 0.166 e. The molecule has 5 heteroatoms. The Kier molecular flexibility index (Phi) is 4.41. The van der Waals surface area contributed by atoms with Crippen LogP contribution in [0.4, 0.5) is 13.2 Å². The fraction of sp³-hybridized carbons (Fsp3) is 0.0667. The molecule has 0 saturated heterocycles. The van der Waals surface area contributed by atoms with E-state index in [1.807, 2.05) is 0 Å². The third-order valence-electron chi connectivity index (χ3n) is 2.57. The number of rotatable bonds is 2. The molecule has 20 heavy (non-hydrogen) atoms. The van der Waals surface area contributed by atoms with E-state index in [4.69, 9.17) is 23.2 Å². The molecule has 0 nitrogen and oxygen atoms in total. The maximum absolute atomic E-state index is 12.6. The molecule has 0 unspecified atom stereocenters. The summed E-state index contributed by atoms with van der Waals surface area (Å²) in [5.74, 6) is 0. The van der Waals surface area contributed by atoms with Gasteiger partial charge in [-0.15, -0.1) is 0 Å². The Morgan fingerprint density at radius 3 is 2.00 bits per heavy atom. The lowest BCUT2D eigenvalue weighted by molar-refractivity contribution is -0.137. The quantitative estimate of drug-likeness (QED) is 0.580. The monoisotopic (exact) mass is 316 g/mol. The summed E-state index contributed by atoms with van der Waals surface area (Å²) in [5, 5.41) is 0.947. The molecule has 0 aliphatic carbocycles. The van der Waals surface area contributed by atoms with Crippen molar-refractivity contribution in [2.75, 3.05) is 0 Å². The second kappa shape index (κ2) is 5.90. The molecule has 0 heterocycles. The van der Waals surface area contributed by atoms with Crippen LogP contribution >= 0.6 is 23.2 Å². The number of halogens is 5. The highest BCUT2D eigenvalue weighted by molar-refractivity contribution is 6.34. The van der Waals surface area contributed by atoms with Crippen molar-refractivity contribution in [1.82, 2.24) is 0 Å². The molecule has 0 aliphatic heterocycles. The van der Waals surface area contributed by atoms with E-state index in [-0.39, 0.29) is 0 Å².